The van der Waals surface area contributed by atoms with E-state index in [4.69, 9.17) is 9.63 Å². The zero-order chi connectivity index (χ0) is 17.5. The molecule has 2 heterocycles. The SMILES string of the molecule is O=C(CCc1nc(Cc2ccccc2)no1)N1CCN(CCO)CC1. The molecule has 0 bridgehead atoms. The maximum atomic E-state index is 12.3. The largest absolute Gasteiger partial charge is 0.395 e. The van der Waals surface area contributed by atoms with Gasteiger partial charge in [0, 0.05) is 52.0 Å². The van der Waals surface area contributed by atoms with Crippen LogP contribution in [0, 0.1) is 0 Å². The quantitative estimate of drug-likeness (QED) is 0.797. The van der Waals surface area contributed by atoms with Gasteiger partial charge < -0.3 is 14.5 Å². The van der Waals surface area contributed by atoms with Crippen LogP contribution in [-0.4, -0.2) is 70.3 Å². The second-order valence-corrected chi connectivity index (χ2v) is 6.21. The topological polar surface area (TPSA) is 82.7 Å². The number of aromatic nitrogens is 2. The lowest BCUT2D eigenvalue weighted by molar-refractivity contribution is -0.133. The number of piperazine rings is 1. The minimum atomic E-state index is 0.117. The number of hydrogen-bond acceptors (Lipinski definition) is 6. The van der Waals surface area contributed by atoms with E-state index >= 15 is 0 Å². The highest BCUT2D eigenvalue weighted by Gasteiger charge is 2.21. The first-order valence-corrected chi connectivity index (χ1v) is 8.71. The third kappa shape index (κ3) is 5.11. The average Bonchev–Trinajstić information content (AvgIpc) is 3.09. The van der Waals surface area contributed by atoms with Gasteiger partial charge in [0.15, 0.2) is 5.82 Å². The number of nitrogens with zero attached hydrogens (tertiary/aromatic N) is 4. The summed E-state index contributed by atoms with van der Waals surface area (Å²) in [5.74, 6) is 1.27. The van der Waals surface area contributed by atoms with E-state index in [2.05, 4.69) is 15.0 Å². The Bertz CT molecular complexity index is 666. The number of hydrogen-bond donors (Lipinski definition) is 1. The first kappa shape index (κ1) is 17.6. The van der Waals surface area contributed by atoms with Crippen LogP contribution in [0.25, 0.3) is 0 Å². The lowest BCUT2D eigenvalue weighted by atomic mass is 10.1. The van der Waals surface area contributed by atoms with Crippen LogP contribution in [-0.2, 0) is 17.6 Å². The number of amides is 1. The molecule has 3 rings (SSSR count). The maximum Gasteiger partial charge on any atom is 0.227 e. The van der Waals surface area contributed by atoms with Gasteiger partial charge in [-0.25, -0.2) is 0 Å². The van der Waals surface area contributed by atoms with Crippen molar-refractivity contribution < 1.29 is 14.4 Å². The van der Waals surface area contributed by atoms with Gasteiger partial charge in [0.2, 0.25) is 11.8 Å². The highest BCUT2D eigenvalue weighted by molar-refractivity contribution is 5.76. The maximum absolute atomic E-state index is 12.3. The summed E-state index contributed by atoms with van der Waals surface area (Å²) in [5.41, 5.74) is 1.13. The van der Waals surface area contributed by atoms with Crippen LogP contribution in [0.15, 0.2) is 34.9 Å². The van der Waals surface area contributed by atoms with Crippen LogP contribution in [0.2, 0.25) is 0 Å². The fourth-order valence-corrected chi connectivity index (χ4v) is 2.98. The summed E-state index contributed by atoms with van der Waals surface area (Å²) in [6.07, 6.45) is 1.48. The summed E-state index contributed by atoms with van der Waals surface area (Å²) >= 11 is 0. The Morgan fingerprint density at radius 2 is 1.92 bits per heavy atom. The fraction of sp³-hybridized carbons (Fsp3) is 0.500. The highest BCUT2D eigenvalue weighted by Crippen LogP contribution is 2.09. The van der Waals surface area contributed by atoms with Gasteiger partial charge in [-0.2, -0.15) is 4.98 Å². The Hall–Kier alpha value is -2.25. The molecule has 134 valence electrons. The molecule has 2 aromatic rings. The third-order valence-corrected chi connectivity index (χ3v) is 4.41. The summed E-state index contributed by atoms with van der Waals surface area (Å²) in [6.45, 7) is 3.89. The normalized spacial score (nSPS) is 15.5. The second kappa shape index (κ2) is 8.73. The van der Waals surface area contributed by atoms with Gasteiger partial charge in [-0.05, 0) is 5.56 Å². The number of aliphatic hydroxyl groups is 1. The van der Waals surface area contributed by atoms with E-state index in [0.29, 0.717) is 50.6 Å². The van der Waals surface area contributed by atoms with Crippen LogP contribution in [0.4, 0.5) is 0 Å². The van der Waals surface area contributed by atoms with Gasteiger partial charge in [-0.3, -0.25) is 9.69 Å². The zero-order valence-electron chi connectivity index (χ0n) is 14.3. The predicted octanol–water partition coefficient (Wildman–Crippen LogP) is 0.730. The number of carbonyl (C=O) groups excluding carboxylic acids is 1. The predicted molar refractivity (Wildman–Crippen MR) is 92.0 cm³/mol. The number of carbonyl (C=O) groups is 1. The Kier molecular flexibility index (Phi) is 6.14. The molecule has 7 nitrogen and oxygen atoms in total. The third-order valence-electron chi connectivity index (χ3n) is 4.41. The Morgan fingerprint density at radius 3 is 2.64 bits per heavy atom. The summed E-state index contributed by atoms with van der Waals surface area (Å²) in [6, 6.07) is 9.98. The number of β-amino-alcohol motifs (C(OH)–C–C–N with tert-alkyl or cyclic N) is 1. The summed E-state index contributed by atoms with van der Waals surface area (Å²) in [4.78, 5) is 20.7. The van der Waals surface area contributed by atoms with Gasteiger partial charge in [-0.15, -0.1) is 0 Å². The molecule has 0 radical (unpaired) electrons. The van der Waals surface area contributed by atoms with Crippen molar-refractivity contribution in [1.29, 1.82) is 0 Å². The van der Waals surface area contributed by atoms with Crippen molar-refractivity contribution in [2.24, 2.45) is 0 Å². The van der Waals surface area contributed by atoms with Gasteiger partial charge in [-0.1, -0.05) is 35.5 Å². The van der Waals surface area contributed by atoms with E-state index in [-0.39, 0.29) is 12.5 Å². The molecule has 1 fully saturated rings. The lowest BCUT2D eigenvalue weighted by Crippen LogP contribution is -2.49. The number of benzene rings is 1. The molecule has 0 spiro atoms. The average molecular weight is 344 g/mol. The Morgan fingerprint density at radius 1 is 1.16 bits per heavy atom. The standard InChI is InChI=1S/C18H24N4O3/c23-13-12-21-8-10-22(11-9-21)18(24)7-6-17-19-16(20-25-17)14-15-4-2-1-3-5-15/h1-5,23H,6-14H2. The summed E-state index contributed by atoms with van der Waals surface area (Å²) < 4.78 is 5.26. The molecule has 0 aliphatic carbocycles. The van der Waals surface area contributed by atoms with Crippen LogP contribution >= 0.6 is 0 Å². The van der Waals surface area contributed by atoms with E-state index < -0.39 is 0 Å². The number of aliphatic hydroxyl groups excluding tert-OH is 1. The molecule has 0 atom stereocenters. The zero-order valence-corrected chi connectivity index (χ0v) is 14.3. The molecule has 25 heavy (non-hydrogen) atoms. The van der Waals surface area contributed by atoms with Gasteiger partial charge in [0.25, 0.3) is 0 Å². The van der Waals surface area contributed by atoms with Crippen molar-refractivity contribution in [3.05, 3.63) is 47.6 Å². The Labute approximate surface area is 147 Å². The van der Waals surface area contributed by atoms with Gasteiger partial charge in [0.05, 0.1) is 6.61 Å². The molecule has 1 saturated heterocycles. The van der Waals surface area contributed by atoms with Crippen LogP contribution < -0.4 is 0 Å². The van der Waals surface area contributed by atoms with Crippen molar-refractivity contribution in [1.82, 2.24) is 19.9 Å². The molecule has 1 N–H and O–H groups in total. The molecule has 1 aliphatic heterocycles. The van der Waals surface area contributed by atoms with E-state index in [1.165, 1.54) is 0 Å². The first-order chi connectivity index (χ1) is 12.2. The number of rotatable bonds is 7. The van der Waals surface area contributed by atoms with Crippen LogP contribution in [0.5, 0.6) is 0 Å². The molecule has 1 amide bonds. The molecule has 0 unspecified atom stereocenters. The minimum absolute atomic E-state index is 0.117. The van der Waals surface area contributed by atoms with Crippen molar-refractivity contribution >= 4 is 5.91 Å². The monoisotopic (exact) mass is 344 g/mol. The molecule has 1 aromatic heterocycles. The summed E-state index contributed by atoms with van der Waals surface area (Å²) in [5, 5.41) is 12.9. The lowest BCUT2D eigenvalue weighted by Gasteiger charge is -2.34. The van der Waals surface area contributed by atoms with Crippen molar-refractivity contribution in [3.63, 3.8) is 0 Å². The molecule has 0 saturated carbocycles. The van der Waals surface area contributed by atoms with Gasteiger partial charge >= 0.3 is 0 Å². The molecule has 7 heteroatoms. The molecular weight excluding hydrogens is 320 g/mol. The summed E-state index contributed by atoms with van der Waals surface area (Å²) in [7, 11) is 0. The minimum Gasteiger partial charge on any atom is -0.395 e. The molecule has 1 aromatic carbocycles. The Balaban J connectivity index is 1.44. The van der Waals surface area contributed by atoms with E-state index in [1.54, 1.807) is 0 Å². The van der Waals surface area contributed by atoms with E-state index in [1.807, 2.05) is 35.2 Å². The fourth-order valence-electron chi connectivity index (χ4n) is 2.98. The highest BCUT2D eigenvalue weighted by atomic mass is 16.5. The second-order valence-electron chi connectivity index (χ2n) is 6.21. The number of aryl methyl sites for hydroxylation is 1. The van der Waals surface area contributed by atoms with Crippen molar-refractivity contribution in [3.8, 4) is 0 Å². The smallest absolute Gasteiger partial charge is 0.227 e. The van der Waals surface area contributed by atoms with Gasteiger partial charge in [0.1, 0.15) is 0 Å². The van der Waals surface area contributed by atoms with Crippen LogP contribution in [0.3, 0.4) is 0 Å². The van der Waals surface area contributed by atoms with Crippen LogP contribution in [0.1, 0.15) is 23.7 Å². The van der Waals surface area contributed by atoms with E-state index in [9.17, 15) is 4.79 Å². The van der Waals surface area contributed by atoms with Crippen molar-refractivity contribution in [2.75, 3.05) is 39.3 Å². The molecule has 1 aliphatic rings. The first-order valence-electron chi connectivity index (χ1n) is 8.71. The van der Waals surface area contributed by atoms with Crippen molar-refractivity contribution in [2.45, 2.75) is 19.3 Å². The molecular formula is C18H24N4O3. The van der Waals surface area contributed by atoms with E-state index in [0.717, 1.165) is 18.7 Å².